The number of anilines is 1. The molecular weight excluding hydrogens is 332 g/mol. The number of nitrogens with zero attached hydrogens (tertiary/aromatic N) is 6. The highest BCUT2D eigenvalue weighted by Crippen LogP contribution is 2.26. The highest BCUT2D eigenvalue weighted by Gasteiger charge is 2.38. The van der Waals surface area contributed by atoms with Crippen molar-refractivity contribution < 1.29 is 9.90 Å². The molecule has 3 rings (SSSR count). The SMILES string of the molecule is Cc1nn(C)c(C)c1CC(=O)N(C)CC1(O)CCN(c2cnccn2)C1. The molecule has 3 heterocycles. The lowest BCUT2D eigenvalue weighted by molar-refractivity contribution is -0.132. The second-order valence-electron chi connectivity index (χ2n) is 7.16. The summed E-state index contributed by atoms with van der Waals surface area (Å²) in [6.07, 6.45) is 5.84. The van der Waals surface area contributed by atoms with Gasteiger partial charge in [-0.2, -0.15) is 5.10 Å². The lowest BCUT2D eigenvalue weighted by atomic mass is 10.0. The number of rotatable bonds is 5. The summed E-state index contributed by atoms with van der Waals surface area (Å²) in [6, 6.07) is 0. The average molecular weight is 358 g/mol. The molecule has 1 unspecified atom stereocenters. The molecule has 2 aromatic rings. The number of carbonyl (C=O) groups excluding carboxylic acids is 1. The van der Waals surface area contributed by atoms with Crippen LogP contribution in [-0.2, 0) is 18.3 Å². The fraction of sp³-hybridized carbons (Fsp3) is 0.556. The molecule has 1 N–H and O–H groups in total. The van der Waals surface area contributed by atoms with E-state index in [0.717, 1.165) is 22.8 Å². The first kappa shape index (κ1) is 18.3. The van der Waals surface area contributed by atoms with Crippen LogP contribution in [0.5, 0.6) is 0 Å². The lowest BCUT2D eigenvalue weighted by Crippen LogP contribution is -2.46. The van der Waals surface area contributed by atoms with E-state index in [-0.39, 0.29) is 5.91 Å². The van der Waals surface area contributed by atoms with E-state index in [0.29, 0.717) is 32.5 Å². The van der Waals surface area contributed by atoms with Gasteiger partial charge in [-0.25, -0.2) is 4.98 Å². The minimum absolute atomic E-state index is 0.0180. The number of likely N-dealkylation sites (N-methyl/N-ethyl adjacent to an activating group) is 1. The fourth-order valence-electron chi connectivity index (χ4n) is 3.52. The van der Waals surface area contributed by atoms with Gasteiger partial charge < -0.3 is 14.9 Å². The largest absolute Gasteiger partial charge is 0.386 e. The molecule has 0 saturated carbocycles. The summed E-state index contributed by atoms with van der Waals surface area (Å²) in [6.45, 7) is 5.30. The van der Waals surface area contributed by atoms with Crippen molar-refractivity contribution in [3.8, 4) is 0 Å². The Labute approximate surface area is 153 Å². The number of β-amino-alcohol motifs (C(OH)–C–C–N with tert-alkyl or cyclic N) is 1. The summed E-state index contributed by atoms with van der Waals surface area (Å²) < 4.78 is 1.79. The Balaban J connectivity index is 1.62. The van der Waals surface area contributed by atoms with E-state index in [4.69, 9.17) is 0 Å². The van der Waals surface area contributed by atoms with Crippen LogP contribution >= 0.6 is 0 Å². The lowest BCUT2D eigenvalue weighted by Gasteiger charge is -2.29. The summed E-state index contributed by atoms with van der Waals surface area (Å²) in [5.41, 5.74) is 1.89. The maximum absolute atomic E-state index is 12.6. The van der Waals surface area contributed by atoms with Gasteiger partial charge in [0, 0.05) is 50.8 Å². The standard InChI is InChI=1S/C18H26N6O2/c1-13-15(14(2)23(4)21-13)9-17(25)22(3)11-18(26)5-8-24(12-18)16-10-19-6-7-20-16/h6-7,10,26H,5,8-9,11-12H2,1-4H3. The topological polar surface area (TPSA) is 87.4 Å². The third-order valence-electron chi connectivity index (χ3n) is 5.15. The van der Waals surface area contributed by atoms with Crippen molar-refractivity contribution in [2.24, 2.45) is 7.05 Å². The van der Waals surface area contributed by atoms with Gasteiger partial charge in [-0.1, -0.05) is 0 Å². The van der Waals surface area contributed by atoms with Crippen LogP contribution in [0.25, 0.3) is 0 Å². The monoisotopic (exact) mass is 358 g/mol. The molecule has 1 aliphatic rings. The van der Waals surface area contributed by atoms with Gasteiger partial charge in [-0.05, 0) is 20.3 Å². The number of aliphatic hydroxyl groups is 1. The van der Waals surface area contributed by atoms with Gasteiger partial charge in [0.15, 0.2) is 0 Å². The molecule has 8 nitrogen and oxygen atoms in total. The van der Waals surface area contributed by atoms with Crippen molar-refractivity contribution in [2.75, 3.05) is 31.6 Å². The van der Waals surface area contributed by atoms with Gasteiger partial charge in [-0.15, -0.1) is 0 Å². The molecule has 1 atom stereocenters. The summed E-state index contributed by atoms with van der Waals surface area (Å²) in [4.78, 5) is 24.6. The molecule has 0 aliphatic carbocycles. The number of hydrogen-bond donors (Lipinski definition) is 1. The van der Waals surface area contributed by atoms with Crippen molar-refractivity contribution in [3.05, 3.63) is 35.5 Å². The molecular formula is C18H26N6O2. The van der Waals surface area contributed by atoms with Crippen molar-refractivity contribution in [3.63, 3.8) is 0 Å². The predicted molar refractivity (Wildman–Crippen MR) is 97.8 cm³/mol. The molecule has 0 spiro atoms. The molecule has 0 aromatic carbocycles. The Morgan fingerprint density at radius 3 is 2.77 bits per heavy atom. The van der Waals surface area contributed by atoms with Gasteiger partial charge in [-0.3, -0.25) is 14.5 Å². The van der Waals surface area contributed by atoms with Crippen LogP contribution in [0.1, 0.15) is 23.4 Å². The molecule has 1 fully saturated rings. The van der Waals surface area contributed by atoms with E-state index in [1.807, 2.05) is 25.8 Å². The smallest absolute Gasteiger partial charge is 0.226 e. The zero-order valence-electron chi connectivity index (χ0n) is 15.8. The summed E-state index contributed by atoms with van der Waals surface area (Å²) >= 11 is 0. The predicted octanol–water partition coefficient (Wildman–Crippen LogP) is 0.469. The van der Waals surface area contributed by atoms with Gasteiger partial charge in [0.25, 0.3) is 0 Å². The molecule has 0 bridgehead atoms. The van der Waals surface area contributed by atoms with Crippen molar-refractivity contribution in [1.29, 1.82) is 0 Å². The van der Waals surface area contributed by atoms with Crippen molar-refractivity contribution >= 4 is 11.7 Å². The first-order valence-electron chi connectivity index (χ1n) is 8.75. The Bertz CT molecular complexity index is 790. The fourth-order valence-corrected chi connectivity index (χ4v) is 3.52. The molecule has 26 heavy (non-hydrogen) atoms. The number of aryl methyl sites for hydroxylation is 2. The zero-order valence-corrected chi connectivity index (χ0v) is 15.8. The van der Waals surface area contributed by atoms with Gasteiger partial charge in [0.2, 0.25) is 5.91 Å². The van der Waals surface area contributed by atoms with Crippen LogP contribution in [0.15, 0.2) is 18.6 Å². The quantitative estimate of drug-likeness (QED) is 0.836. The number of aromatic nitrogens is 4. The Kier molecular flexibility index (Phi) is 4.95. The van der Waals surface area contributed by atoms with Gasteiger partial charge >= 0.3 is 0 Å². The van der Waals surface area contributed by atoms with E-state index < -0.39 is 5.60 Å². The second kappa shape index (κ2) is 7.03. The first-order chi connectivity index (χ1) is 12.3. The molecule has 1 aliphatic heterocycles. The minimum Gasteiger partial charge on any atom is -0.386 e. The third-order valence-corrected chi connectivity index (χ3v) is 5.15. The Morgan fingerprint density at radius 2 is 2.15 bits per heavy atom. The molecule has 1 amide bonds. The van der Waals surface area contributed by atoms with Gasteiger partial charge in [0.05, 0.1) is 24.9 Å². The van der Waals surface area contributed by atoms with E-state index in [2.05, 4.69) is 15.1 Å². The summed E-state index contributed by atoms with van der Waals surface area (Å²) in [7, 11) is 3.62. The maximum Gasteiger partial charge on any atom is 0.226 e. The van der Waals surface area contributed by atoms with Crippen molar-refractivity contribution in [2.45, 2.75) is 32.3 Å². The number of amides is 1. The van der Waals surface area contributed by atoms with E-state index in [1.165, 1.54) is 0 Å². The van der Waals surface area contributed by atoms with Crippen LogP contribution in [0.2, 0.25) is 0 Å². The van der Waals surface area contributed by atoms with Crippen LogP contribution < -0.4 is 4.90 Å². The number of hydrogen-bond acceptors (Lipinski definition) is 6. The second-order valence-corrected chi connectivity index (χ2v) is 7.16. The van der Waals surface area contributed by atoms with Crippen LogP contribution in [0.4, 0.5) is 5.82 Å². The van der Waals surface area contributed by atoms with Crippen LogP contribution in [0.3, 0.4) is 0 Å². The highest BCUT2D eigenvalue weighted by atomic mass is 16.3. The molecule has 8 heteroatoms. The molecule has 1 saturated heterocycles. The average Bonchev–Trinajstić information content (AvgIpc) is 3.11. The van der Waals surface area contributed by atoms with Crippen LogP contribution in [0, 0.1) is 13.8 Å². The Morgan fingerprint density at radius 1 is 1.38 bits per heavy atom. The van der Waals surface area contributed by atoms with Crippen molar-refractivity contribution in [1.82, 2.24) is 24.6 Å². The molecule has 140 valence electrons. The van der Waals surface area contributed by atoms with Gasteiger partial charge in [0.1, 0.15) is 11.4 Å². The highest BCUT2D eigenvalue weighted by molar-refractivity contribution is 5.79. The molecule has 0 radical (unpaired) electrons. The summed E-state index contributed by atoms with van der Waals surface area (Å²) in [5, 5.41) is 15.3. The number of carbonyl (C=O) groups is 1. The van der Waals surface area contributed by atoms with E-state index >= 15 is 0 Å². The Hall–Kier alpha value is -2.48. The maximum atomic E-state index is 12.6. The third kappa shape index (κ3) is 3.70. The van der Waals surface area contributed by atoms with Crippen LogP contribution in [-0.4, -0.2) is 67.9 Å². The summed E-state index contributed by atoms with van der Waals surface area (Å²) in [5.74, 6) is 0.731. The first-order valence-corrected chi connectivity index (χ1v) is 8.75. The zero-order chi connectivity index (χ0) is 18.9. The van der Waals surface area contributed by atoms with E-state index in [9.17, 15) is 9.90 Å². The van der Waals surface area contributed by atoms with E-state index in [1.54, 1.807) is 35.2 Å². The normalized spacial score (nSPS) is 19.8. The molecule has 2 aromatic heterocycles. The minimum atomic E-state index is -0.943.